The molecular formula is C5H5O5-. The van der Waals surface area contributed by atoms with Crippen molar-refractivity contribution in [3.63, 3.8) is 0 Å². The smallest absolute Gasteiger partial charge is 0.185 e. The van der Waals surface area contributed by atoms with Crippen molar-refractivity contribution in [2.45, 2.75) is 6.42 Å². The summed E-state index contributed by atoms with van der Waals surface area (Å²) in [5, 5.41) is 17.7. The molecule has 5 heteroatoms. The van der Waals surface area contributed by atoms with Crippen LogP contribution in [0.25, 0.3) is 0 Å². The van der Waals surface area contributed by atoms with Crippen LogP contribution in [0, 0.1) is 0 Å². The number of carbonyl (C=O) groups excluding carboxylic acids is 3. The van der Waals surface area contributed by atoms with Gasteiger partial charge in [0.25, 0.3) is 0 Å². The molecule has 0 atom stereocenters. The second-order valence-corrected chi connectivity index (χ2v) is 1.58. The summed E-state index contributed by atoms with van der Waals surface area (Å²) < 4.78 is 0. The number of rotatable bonds is 4. The van der Waals surface area contributed by atoms with Gasteiger partial charge in [0.2, 0.25) is 0 Å². The molecule has 0 fully saturated rings. The van der Waals surface area contributed by atoms with E-state index in [-0.39, 0.29) is 0 Å². The Hall–Kier alpha value is -1.23. The van der Waals surface area contributed by atoms with Crippen LogP contribution in [0.5, 0.6) is 0 Å². The molecule has 0 bridgehead atoms. The van der Waals surface area contributed by atoms with Crippen LogP contribution in [0.15, 0.2) is 0 Å². The second-order valence-electron chi connectivity index (χ2n) is 1.58. The van der Waals surface area contributed by atoms with Crippen LogP contribution in [0.4, 0.5) is 0 Å². The van der Waals surface area contributed by atoms with Gasteiger partial charge in [-0.25, -0.2) is 0 Å². The molecule has 0 aromatic heterocycles. The van der Waals surface area contributed by atoms with Gasteiger partial charge in [-0.3, -0.25) is 9.59 Å². The molecule has 10 heavy (non-hydrogen) atoms. The topological polar surface area (TPSA) is 94.5 Å². The van der Waals surface area contributed by atoms with Crippen molar-refractivity contribution < 1.29 is 24.6 Å². The van der Waals surface area contributed by atoms with Gasteiger partial charge in [0.1, 0.15) is 12.6 Å². The molecule has 0 aliphatic rings. The van der Waals surface area contributed by atoms with Crippen molar-refractivity contribution in [2.24, 2.45) is 0 Å². The molecule has 0 spiro atoms. The summed E-state index contributed by atoms with van der Waals surface area (Å²) in [7, 11) is 0. The molecular weight excluding hydrogens is 140 g/mol. The van der Waals surface area contributed by atoms with Gasteiger partial charge in [-0.2, -0.15) is 0 Å². The molecule has 0 aromatic carbocycles. The molecule has 0 rings (SSSR count). The van der Waals surface area contributed by atoms with Crippen molar-refractivity contribution in [1.29, 1.82) is 0 Å². The molecule has 0 heterocycles. The molecule has 5 nitrogen and oxygen atoms in total. The van der Waals surface area contributed by atoms with Crippen LogP contribution in [-0.2, 0) is 14.4 Å². The molecule has 0 aliphatic heterocycles. The van der Waals surface area contributed by atoms with Crippen LogP contribution in [0.3, 0.4) is 0 Å². The predicted octanol–water partition coefficient (Wildman–Crippen LogP) is -2.74. The molecule has 0 saturated heterocycles. The van der Waals surface area contributed by atoms with Crippen molar-refractivity contribution >= 4 is 17.5 Å². The van der Waals surface area contributed by atoms with Gasteiger partial charge >= 0.3 is 0 Å². The van der Waals surface area contributed by atoms with Gasteiger partial charge < -0.3 is 15.0 Å². The number of hydrogen-bond donors (Lipinski definition) is 1. The van der Waals surface area contributed by atoms with E-state index in [2.05, 4.69) is 0 Å². The Labute approximate surface area is 56.3 Å². The van der Waals surface area contributed by atoms with Crippen LogP contribution in [-0.4, -0.2) is 29.2 Å². The lowest BCUT2D eigenvalue weighted by atomic mass is 10.2. The van der Waals surface area contributed by atoms with E-state index in [1.165, 1.54) is 0 Å². The maximum absolute atomic E-state index is 10.2. The fourth-order valence-corrected chi connectivity index (χ4v) is 0.307. The maximum Gasteiger partial charge on any atom is 0.185 e. The van der Waals surface area contributed by atoms with Gasteiger partial charge in [0, 0.05) is 0 Å². The Bertz CT molecular complexity index is 171. The number of ketones is 2. The summed E-state index contributed by atoms with van der Waals surface area (Å²) in [5.41, 5.74) is 0. The highest BCUT2D eigenvalue weighted by Crippen LogP contribution is 1.82. The first-order chi connectivity index (χ1) is 4.57. The molecule has 56 valence electrons. The number of aliphatic hydroxyl groups is 1. The van der Waals surface area contributed by atoms with E-state index in [0.717, 1.165) is 0 Å². The SMILES string of the molecule is O=C(CO)CC(=O)C(=O)[O-]. The zero-order chi connectivity index (χ0) is 8.15. The molecule has 0 amide bonds. The average Bonchev–Trinajstić information content (AvgIpc) is 1.87. The third-order valence-electron chi connectivity index (χ3n) is 0.762. The minimum Gasteiger partial charge on any atom is -0.542 e. The Balaban J connectivity index is 3.80. The zero-order valence-electron chi connectivity index (χ0n) is 4.99. The predicted molar refractivity (Wildman–Crippen MR) is 26.7 cm³/mol. The van der Waals surface area contributed by atoms with E-state index in [4.69, 9.17) is 5.11 Å². The van der Waals surface area contributed by atoms with Gasteiger partial charge in [-0.05, 0) is 0 Å². The van der Waals surface area contributed by atoms with Gasteiger partial charge in [0.15, 0.2) is 11.6 Å². The number of carboxylic acids is 1. The Morgan fingerprint density at radius 3 is 2.10 bits per heavy atom. The highest BCUT2D eigenvalue weighted by molar-refractivity contribution is 6.35. The second kappa shape index (κ2) is 3.73. The quantitative estimate of drug-likeness (QED) is 0.342. The van der Waals surface area contributed by atoms with Crippen LogP contribution in [0.1, 0.15) is 6.42 Å². The van der Waals surface area contributed by atoms with Gasteiger partial charge in [-0.15, -0.1) is 0 Å². The van der Waals surface area contributed by atoms with E-state index in [1.54, 1.807) is 0 Å². The normalized spacial score (nSPS) is 8.90. The first-order valence-corrected chi connectivity index (χ1v) is 2.44. The summed E-state index contributed by atoms with van der Waals surface area (Å²) in [6.07, 6.45) is -0.793. The summed E-state index contributed by atoms with van der Waals surface area (Å²) in [6, 6.07) is 0. The number of carboxylic acid groups (broad SMARTS) is 1. The van der Waals surface area contributed by atoms with Crippen LogP contribution >= 0.6 is 0 Å². The lowest BCUT2D eigenvalue weighted by Gasteiger charge is -1.96. The molecule has 0 saturated carbocycles. The summed E-state index contributed by atoms with van der Waals surface area (Å²) in [5.74, 6) is -4.03. The van der Waals surface area contributed by atoms with E-state index in [0.29, 0.717) is 0 Å². The number of aliphatic carboxylic acids is 1. The first kappa shape index (κ1) is 8.77. The highest BCUT2D eigenvalue weighted by Gasteiger charge is 2.08. The Kier molecular flexibility index (Phi) is 3.27. The average molecular weight is 145 g/mol. The van der Waals surface area contributed by atoms with Crippen molar-refractivity contribution in [3.8, 4) is 0 Å². The number of Topliss-reactive ketones (excluding diaryl/α,β-unsaturated/α-hetero) is 2. The molecule has 0 aromatic rings. The third-order valence-corrected chi connectivity index (χ3v) is 0.762. The summed E-state index contributed by atoms with van der Waals surface area (Å²) >= 11 is 0. The van der Waals surface area contributed by atoms with E-state index < -0.39 is 30.6 Å². The summed E-state index contributed by atoms with van der Waals surface area (Å²) in [4.78, 5) is 29.9. The third kappa shape index (κ3) is 2.93. The first-order valence-electron chi connectivity index (χ1n) is 2.44. The number of hydrogen-bond acceptors (Lipinski definition) is 5. The Morgan fingerprint density at radius 2 is 1.80 bits per heavy atom. The van der Waals surface area contributed by atoms with E-state index in [1.807, 2.05) is 0 Å². The van der Waals surface area contributed by atoms with E-state index in [9.17, 15) is 19.5 Å². The largest absolute Gasteiger partial charge is 0.542 e. The fourth-order valence-electron chi connectivity index (χ4n) is 0.307. The minimum absolute atomic E-state index is 0.793. The van der Waals surface area contributed by atoms with Crippen molar-refractivity contribution in [1.82, 2.24) is 0 Å². The molecule has 0 aliphatic carbocycles. The number of carbonyl (C=O) groups is 3. The van der Waals surface area contributed by atoms with Crippen molar-refractivity contribution in [3.05, 3.63) is 0 Å². The van der Waals surface area contributed by atoms with Crippen LogP contribution in [0.2, 0.25) is 0 Å². The van der Waals surface area contributed by atoms with Crippen LogP contribution < -0.4 is 5.11 Å². The Morgan fingerprint density at radius 1 is 1.30 bits per heavy atom. The standard InChI is InChI=1S/C5H6O5/c6-2-3(7)1-4(8)5(9)10/h6H,1-2H2,(H,9,10)/p-1. The highest BCUT2D eigenvalue weighted by atomic mass is 16.4. The zero-order valence-corrected chi connectivity index (χ0v) is 4.99. The minimum atomic E-state index is -1.90. The molecule has 1 N–H and O–H groups in total. The number of aliphatic hydroxyl groups excluding tert-OH is 1. The molecule has 0 unspecified atom stereocenters. The summed E-state index contributed by atoms with van der Waals surface area (Å²) in [6.45, 7) is -0.820. The van der Waals surface area contributed by atoms with Gasteiger partial charge in [-0.1, -0.05) is 0 Å². The maximum atomic E-state index is 10.2. The van der Waals surface area contributed by atoms with E-state index >= 15 is 0 Å². The lowest BCUT2D eigenvalue weighted by molar-refractivity contribution is -0.300. The monoisotopic (exact) mass is 145 g/mol. The van der Waals surface area contributed by atoms with Gasteiger partial charge in [0.05, 0.1) is 6.42 Å². The lowest BCUT2D eigenvalue weighted by Crippen LogP contribution is -2.33. The van der Waals surface area contributed by atoms with Crippen molar-refractivity contribution in [2.75, 3.05) is 6.61 Å². The fraction of sp³-hybridized carbons (Fsp3) is 0.400. The molecule has 0 radical (unpaired) electrons.